The Labute approximate surface area is 236 Å². The Morgan fingerprint density at radius 2 is 2.03 bits per heavy atom. The lowest BCUT2D eigenvalue weighted by atomic mass is 9.61. The van der Waals surface area contributed by atoms with Crippen LogP contribution in [0.3, 0.4) is 0 Å². The number of amides is 1. The second kappa shape index (κ2) is 9.55. The molecular weight excluding hydrogens is 544 g/mol. The number of nitrogens with zero attached hydrogens (tertiary/aromatic N) is 4. The van der Waals surface area contributed by atoms with Crippen molar-refractivity contribution in [3.63, 3.8) is 0 Å². The number of anilines is 1. The van der Waals surface area contributed by atoms with Crippen molar-refractivity contribution in [2.75, 3.05) is 18.4 Å². The number of ether oxygens (including phenoxy) is 2. The lowest BCUT2D eigenvalue weighted by Gasteiger charge is -2.52. The third-order valence-corrected chi connectivity index (χ3v) is 8.38. The predicted molar refractivity (Wildman–Crippen MR) is 147 cm³/mol. The van der Waals surface area contributed by atoms with Crippen LogP contribution in [0.5, 0.6) is 5.75 Å². The molecule has 1 N–H and O–H groups in total. The van der Waals surface area contributed by atoms with E-state index in [1.807, 2.05) is 48.8 Å². The molecule has 6 rings (SSSR count). The number of aromatic nitrogens is 3. The molecule has 2 aliphatic heterocycles. The summed E-state index contributed by atoms with van der Waals surface area (Å²) in [5.74, 6) is 0.482. The number of benzene rings is 1. The highest BCUT2D eigenvalue weighted by molar-refractivity contribution is 6.36. The monoisotopic (exact) mass is 573 g/mol. The van der Waals surface area contributed by atoms with Crippen LogP contribution in [0, 0.1) is 11.2 Å². The zero-order chi connectivity index (χ0) is 27.5. The van der Waals surface area contributed by atoms with Gasteiger partial charge >= 0.3 is 6.09 Å². The van der Waals surface area contributed by atoms with Crippen LogP contribution in [0.15, 0.2) is 36.8 Å². The van der Waals surface area contributed by atoms with Crippen LogP contribution in [0.4, 0.5) is 15.0 Å². The summed E-state index contributed by atoms with van der Waals surface area (Å²) in [4.78, 5) is 19.0. The molecule has 1 saturated heterocycles. The maximum Gasteiger partial charge on any atom is 0.410 e. The Morgan fingerprint density at radius 1 is 1.23 bits per heavy atom. The van der Waals surface area contributed by atoms with Gasteiger partial charge in [0.25, 0.3) is 0 Å². The van der Waals surface area contributed by atoms with Crippen molar-refractivity contribution in [3.05, 3.63) is 58.2 Å². The van der Waals surface area contributed by atoms with Crippen LogP contribution in [-0.2, 0) is 4.74 Å². The predicted octanol–water partition coefficient (Wildman–Crippen LogP) is 7.25. The van der Waals surface area contributed by atoms with Crippen LogP contribution < -0.4 is 10.1 Å². The minimum absolute atomic E-state index is 0.0836. The molecule has 0 bridgehead atoms. The molecule has 3 aromatic rings. The number of carbonyl (C=O) groups excluding carboxylic acids is 1. The van der Waals surface area contributed by atoms with Gasteiger partial charge in [0.05, 0.1) is 27.8 Å². The zero-order valence-corrected chi connectivity index (χ0v) is 23.5. The van der Waals surface area contributed by atoms with Crippen LogP contribution >= 0.6 is 23.2 Å². The van der Waals surface area contributed by atoms with Gasteiger partial charge in [-0.25, -0.2) is 14.2 Å². The molecule has 1 aliphatic carbocycles. The maximum atomic E-state index is 14.0. The smallest absolute Gasteiger partial charge is 0.410 e. The van der Waals surface area contributed by atoms with Gasteiger partial charge in [0, 0.05) is 36.6 Å². The molecule has 1 amide bonds. The van der Waals surface area contributed by atoms with Crippen LogP contribution in [0.25, 0.3) is 11.1 Å². The van der Waals surface area contributed by atoms with Gasteiger partial charge in [-0.2, -0.15) is 5.10 Å². The third-order valence-electron chi connectivity index (χ3n) is 7.67. The number of pyridine rings is 1. The fourth-order valence-corrected chi connectivity index (χ4v) is 6.40. The molecule has 1 unspecified atom stereocenters. The quantitative estimate of drug-likeness (QED) is 0.332. The van der Waals surface area contributed by atoms with Gasteiger partial charge in [0.2, 0.25) is 6.23 Å². The number of carbonyl (C=O) groups is 1. The topological polar surface area (TPSA) is 81.5 Å². The number of fused-ring (bicyclic) bond motifs is 1. The van der Waals surface area contributed by atoms with Gasteiger partial charge in [0.15, 0.2) is 11.6 Å². The summed E-state index contributed by atoms with van der Waals surface area (Å²) >= 11 is 12.4. The van der Waals surface area contributed by atoms with E-state index in [2.05, 4.69) is 15.4 Å². The van der Waals surface area contributed by atoms with E-state index in [-0.39, 0.29) is 22.6 Å². The Hall–Kier alpha value is -3.04. The molecule has 3 aliphatic rings. The van der Waals surface area contributed by atoms with E-state index in [1.54, 1.807) is 6.20 Å². The second-order valence-electron chi connectivity index (χ2n) is 11.7. The lowest BCUT2D eigenvalue weighted by molar-refractivity contribution is -0.0365. The zero-order valence-electron chi connectivity index (χ0n) is 22.0. The molecule has 1 spiro atoms. The second-order valence-corrected chi connectivity index (χ2v) is 12.5. The molecule has 11 heteroatoms. The highest BCUT2D eigenvalue weighted by Gasteiger charge is 2.49. The van der Waals surface area contributed by atoms with Gasteiger partial charge in [-0.05, 0) is 70.1 Å². The largest absolute Gasteiger partial charge is 0.462 e. The van der Waals surface area contributed by atoms with Crippen molar-refractivity contribution in [2.24, 2.45) is 5.41 Å². The number of nitrogens with one attached hydrogen (secondary N) is 1. The number of halogens is 3. The average molecular weight is 574 g/mol. The number of hydrogen-bond acceptors (Lipinski definition) is 6. The van der Waals surface area contributed by atoms with E-state index in [1.165, 1.54) is 12.1 Å². The highest BCUT2D eigenvalue weighted by atomic mass is 35.5. The van der Waals surface area contributed by atoms with Crippen molar-refractivity contribution in [1.82, 2.24) is 19.7 Å². The van der Waals surface area contributed by atoms with E-state index in [9.17, 15) is 9.18 Å². The first-order valence-electron chi connectivity index (χ1n) is 13.1. The number of hydrogen-bond donors (Lipinski definition) is 1. The molecule has 206 valence electrons. The minimum atomic E-state index is -0.747. The molecule has 8 nitrogen and oxygen atoms in total. The average Bonchev–Trinajstić information content (AvgIpc) is 3.51. The molecule has 1 aromatic carbocycles. The first-order chi connectivity index (χ1) is 18.5. The summed E-state index contributed by atoms with van der Waals surface area (Å²) in [5.41, 5.74) is 1.72. The van der Waals surface area contributed by atoms with Crippen LogP contribution in [-0.4, -0.2) is 44.4 Å². The molecule has 0 radical (unpaired) electrons. The van der Waals surface area contributed by atoms with Crippen molar-refractivity contribution in [3.8, 4) is 16.9 Å². The standard InChI is InChI=1S/C28H30Cl2FN5O3/c1-27(2,3)39-26(37)35-8-4-7-28(15-35)10-18(11-28)36-14-17(13-33-36)16-9-21-24(32-12-16)34-25(38-21)22-19(29)5-6-20(31)23(22)30/h5-6,9,12-14,18,25H,4,7-8,10-11,15H2,1-3H3,(H,32,34). The molecular formula is C28H30Cl2FN5O3. The van der Waals surface area contributed by atoms with Gasteiger partial charge in [-0.15, -0.1) is 0 Å². The van der Waals surface area contributed by atoms with Crippen LogP contribution in [0.1, 0.15) is 64.3 Å². The first-order valence-corrected chi connectivity index (χ1v) is 13.8. The van der Waals surface area contributed by atoms with Gasteiger partial charge in [-0.1, -0.05) is 23.2 Å². The van der Waals surface area contributed by atoms with E-state index in [0.29, 0.717) is 22.2 Å². The van der Waals surface area contributed by atoms with E-state index < -0.39 is 17.6 Å². The normalized spacial score (nSPS) is 24.1. The van der Waals surface area contributed by atoms with Crippen molar-refractivity contribution in [2.45, 2.75) is 64.3 Å². The molecule has 1 atom stereocenters. The Bertz CT molecular complexity index is 1430. The highest BCUT2D eigenvalue weighted by Crippen LogP contribution is 2.53. The Kier molecular flexibility index (Phi) is 6.42. The summed E-state index contributed by atoms with van der Waals surface area (Å²) in [6.07, 6.45) is 8.65. The lowest BCUT2D eigenvalue weighted by Crippen LogP contribution is -2.53. The first kappa shape index (κ1) is 26.2. The molecule has 39 heavy (non-hydrogen) atoms. The van der Waals surface area contributed by atoms with Gasteiger partial charge < -0.3 is 19.7 Å². The molecule has 1 saturated carbocycles. The number of rotatable bonds is 3. The van der Waals surface area contributed by atoms with E-state index in [4.69, 9.17) is 32.7 Å². The Balaban J connectivity index is 1.12. The van der Waals surface area contributed by atoms with Crippen molar-refractivity contribution >= 4 is 35.1 Å². The summed E-state index contributed by atoms with van der Waals surface area (Å²) in [6.45, 7) is 7.16. The summed E-state index contributed by atoms with van der Waals surface area (Å²) < 4.78 is 27.7. The molecule has 4 heterocycles. The fourth-order valence-electron chi connectivity index (χ4n) is 5.83. The number of likely N-dealkylation sites (tertiary alicyclic amines) is 1. The SMILES string of the molecule is CC(C)(C)OC(=O)N1CCCC2(CC(n3cc(-c4cnc5c(c4)OC(c4c(Cl)ccc(F)c4Cl)N5)cn3)C2)C1. The summed E-state index contributed by atoms with van der Waals surface area (Å²) in [6, 6.07) is 4.82. The van der Waals surface area contributed by atoms with Crippen LogP contribution in [0.2, 0.25) is 10.0 Å². The van der Waals surface area contributed by atoms with Crippen molar-refractivity contribution in [1.29, 1.82) is 0 Å². The molecule has 2 aromatic heterocycles. The van der Waals surface area contributed by atoms with E-state index in [0.717, 1.165) is 49.9 Å². The number of piperidine rings is 1. The summed E-state index contributed by atoms with van der Waals surface area (Å²) in [5, 5.41) is 7.97. The maximum absolute atomic E-state index is 14.0. The fraction of sp³-hybridized carbons (Fsp3) is 0.464. The Morgan fingerprint density at radius 3 is 2.79 bits per heavy atom. The third kappa shape index (κ3) is 5.02. The van der Waals surface area contributed by atoms with Gasteiger partial charge in [0.1, 0.15) is 11.4 Å². The summed E-state index contributed by atoms with van der Waals surface area (Å²) in [7, 11) is 0. The van der Waals surface area contributed by atoms with Crippen molar-refractivity contribution < 1.29 is 18.7 Å². The molecule has 2 fully saturated rings. The van der Waals surface area contributed by atoms with E-state index >= 15 is 0 Å². The van der Waals surface area contributed by atoms with Gasteiger partial charge in [-0.3, -0.25) is 4.68 Å². The minimum Gasteiger partial charge on any atom is -0.462 e.